The van der Waals surface area contributed by atoms with Gasteiger partial charge in [0.25, 0.3) is 5.91 Å². The number of halogens is 1. The van der Waals surface area contributed by atoms with Crippen LogP contribution in [0, 0.1) is 0 Å². The lowest BCUT2D eigenvalue weighted by Crippen LogP contribution is -2.37. The highest BCUT2D eigenvalue weighted by atomic mass is 79.9. The zero-order chi connectivity index (χ0) is 12.3. The lowest BCUT2D eigenvalue weighted by atomic mass is 10.4. The van der Waals surface area contributed by atoms with Gasteiger partial charge in [0.2, 0.25) is 5.91 Å². The standard InChI is InChI=1S/C10H13BrN2O2S/c1-12(2)9(14)6-13(3)10(15)7-4-5-8(11)16-7/h4-5H,6H2,1-3H3. The Kier molecular flexibility index (Phi) is 4.49. The van der Waals surface area contributed by atoms with E-state index in [9.17, 15) is 9.59 Å². The molecule has 0 N–H and O–H groups in total. The van der Waals surface area contributed by atoms with Crippen LogP contribution in [0.2, 0.25) is 0 Å². The highest BCUT2D eigenvalue weighted by molar-refractivity contribution is 9.11. The van der Waals surface area contributed by atoms with Crippen LogP contribution in [0.15, 0.2) is 15.9 Å². The van der Waals surface area contributed by atoms with Crippen molar-refractivity contribution >= 4 is 39.1 Å². The maximum Gasteiger partial charge on any atom is 0.264 e. The normalized spacial score (nSPS) is 10.0. The van der Waals surface area contributed by atoms with Gasteiger partial charge >= 0.3 is 0 Å². The van der Waals surface area contributed by atoms with E-state index < -0.39 is 0 Å². The topological polar surface area (TPSA) is 40.6 Å². The van der Waals surface area contributed by atoms with Gasteiger partial charge in [-0.15, -0.1) is 11.3 Å². The van der Waals surface area contributed by atoms with E-state index in [4.69, 9.17) is 0 Å². The van der Waals surface area contributed by atoms with Crippen molar-refractivity contribution in [2.75, 3.05) is 27.7 Å². The summed E-state index contributed by atoms with van der Waals surface area (Å²) in [5, 5.41) is 0. The molecule has 6 heteroatoms. The summed E-state index contributed by atoms with van der Waals surface area (Å²) in [4.78, 5) is 26.8. The fraction of sp³-hybridized carbons (Fsp3) is 0.400. The van der Waals surface area contributed by atoms with Crippen molar-refractivity contribution in [1.82, 2.24) is 9.80 Å². The van der Waals surface area contributed by atoms with Crippen LogP contribution < -0.4 is 0 Å². The quantitative estimate of drug-likeness (QED) is 0.852. The van der Waals surface area contributed by atoms with Gasteiger partial charge in [-0.1, -0.05) is 0 Å². The fourth-order valence-corrected chi connectivity index (χ4v) is 2.41. The Morgan fingerprint density at radius 1 is 1.31 bits per heavy atom. The third-order valence-corrected chi connectivity index (χ3v) is 3.61. The minimum Gasteiger partial charge on any atom is -0.347 e. The molecule has 0 atom stereocenters. The van der Waals surface area contributed by atoms with Crippen LogP contribution in [-0.4, -0.2) is 49.3 Å². The molecule has 16 heavy (non-hydrogen) atoms. The first-order valence-corrected chi connectivity index (χ1v) is 6.23. The zero-order valence-corrected chi connectivity index (χ0v) is 11.8. The Morgan fingerprint density at radius 2 is 1.94 bits per heavy atom. The molecule has 0 fully saturated rings. The Balaban J connectivity index is 2.65. The SMILES string of the molecule is CN(C)C(=O)CN(C)C(=O)c1ccc(Br)s1. The maximum atomic E-state index is 11.9. The number of hydrogen-bond donors (Lipinski definition) is 0. The summed E-state index contributed by atoms with van der Waals surface area (Å²) in [6.45, 7) is 0.0986. The average Bonchev–Trinajstić information content (AvgIpc) is 2.63. The van der Waals surface area contributed by atoms with Crippen LogP contribution in [0.1, 0.15) is 9.67 Å². The Hall–Kier alpha value is -0.880. The fourth-order valence-electron chi connectivity index (χ4n) is 1.03. The van der Waals surface area contributed by atoms with Crippen LogP contribution >= 0.6 is 27.3 Å². The van der Waals surface area contributed by atoms with Gasteiger partial charge in [0.05, 0.1) is 15.2 Å². The van der Waals surface area contributed by atoms with Crippen molar-refractivity contribution in [3.05, 3.63) is 20.8 Å². The molecule has 1 heterocycles. The van der Waals surface area contributed by atoms with Crippen LogP contribution in [0.5, 0.6) is 0 Å². The molecular formula is C10H13BrN2O2S. The van der Waals surface area contributed by atoms with Crippen LogP contribution in [-0.2, 0) is 4.79 Å². The second-order valence-electron chi connectivity index (χ2n) is 3.55. The summed E-state index contributed by atoms with van der Waals surface area (Å²) in [6.07, 6.45) is 0. The second kappa shape index (κ2) is 5.45. The molecule has 0 radical (unpaired) electrons. The third kappa shape index (κ3) is 3.31. The monoisotopic (exact) mass is 304 g/mol. The van der Waals surface area contributed by atoms with Crippen molar-refractivity contribution in [3.63, 3.8) is 0 Å². The maximum absolute atomic E-state index is 11.9. The van der Waals surface area contributed by atoms with Gasteiger partial charge in [-0.3, -0.25) is 9.59 Å². The minimum absolute atomic E-state index is 0.0912. The summed E-state index contributed by atoms with van der Waals surface area (Å²) >= 11 is 4.66. The molecule has 2 amide bonds. The molecule has 0 aromatic carbocycles. The largest absolute Gasteiger partial charge is 0.347 e. The molecule has 0 aliphatic carbocycles. The van der Waals surface area contributed by atoms with Gasteiger partial charge in [-0.2, -0.15) is 0 Å². The zero-order valence-electron chi connectivity index (χ0n) is 9.36. The summed E-state index contributed by atoms with van der Waals surface area (Å²) < 4.78 is 0.906. The van der Waals surface area contributed by atoms with E-state index in [1.807, 2.05) is 6.07 Å². The number of hydrogen-bond acceptors (Lipinski definition) is 3. The summed E-state index contributed by atoms with van der Waals surface area (Å²) in [5.74, 6) is -0.225. The van der Waals surface area contributed by atoms with Crippen molar-refractivity contribution < 1.29 is 9.59 Å². The molecule has 0 aliphatic rings. The molecule has 1 aromatic rings. The van der Waals surface area contributed by atoms with Crippen LogP contribution in [0.3, 0.4) is 0 Å². The average molecular weight is 305 g/mol. The van der Waals surface area contributed by atoms with Gasteiger partial charge in [0.1, 0.15) is 0 Å². The molecular weight excluding hydrogens is 292 g/mol. The Morgan fingerprint density at radius 3 is 2.38 bits per heavy atom. The minimum atomic E-state index is -0.133. The number of carbonyl (C=O) groups is 2. The van der Waals surface area contributed by atoms with E-state index in [1.54, 1.807) is 27.2 Å². The van der Waals surface area contributed by atoms with E-state index >= 15 is 0 Å². The number of carbonyl (C=O) groups excluding carboxylic acids is 2. The summed E-state index contributed by atoms with van der Waals surface area (Å²) in [6, 6.07) is 3.56. The first-order valence-electron chi connectivity index (χ1n) is 4.62. The first-order chi connectivity index (χ1) is 7.41. The van der Waals surface area contributed by atoms with Crippen molar-refractivity contribution in [1.29, 1.82) is 0 Å². The van der Waals surface area contributed by atoms with Gasteiger partial charge in [0, 0.05) is 21.1 Å². The van der Waals surface area contributed by atoms with Gasteiger partial charge in [-0.25, -0.2) is 0 Å². The number of thiophene rings is 1. The highest BCUT2D eigenvalue weighted by Crippen LogP contribution is 2.22. The van der Waals surface area contributed by atoms with Crippen molar-refractivity contribution in [2.24, 2.45) is 0 Å². The third-order valence-electron chi connectivity index (χ3n) is 2.00. The molecule has 0 spiro atoms. The van der Waals surface area contributed by atoms with E-state index in [0.29, 0.717) is 4.88 Å². The molecule has 88 valence electrons. The van der Waals surface area contributed by atoms with Gasteiger partial charge in [-0.05, 0) is 28.1 Å². The number of likely N-dealkylation sites (N-methyl/N-ethyl adjacent to an activating group) is 2. The summed E-state index contributed by atoms with van der Waals surface area (Å²) in [5.41, 5.74) is 0. The van der Waals surface area contributed by atoms with E-state index in [0.717, 1.165) is 3.79 Å². The smallest absolute Gasteiger partial charge is 0.264 e. The summed E-state index contributed by atoms with van der Waals surface area (Å²) in [7, 11) is 4.96. The van der Waals surface area contributed by atoms with Gasteiger partial charge in [0.15, 0.2) is 0 Å². The molecule has 0 bridgehead atoms. The second-order valence-corrected chi connectivity index (χ2v) is 6.02. The van der Waals surface area contributed by atoms with E-state index in [2.05, 4.69) is 15.9 Å². The van der Waals surface area contributed by atoms with Crippen LogP contribution in [0.4, 0.5) is 0 Å². The Bertz CT molecular complexity index is 403. The first kappa shape index (κ1) is 13.2. The van der Waals surface area contributed by atoms with Crippen molar-refractivity contribution in [2.45, 2.75) is 0 Å². The molecule has 0 saturated carbocycles. The molecule has 1 aromatic heterocycles. The molecule has 0 aliphatic heterocycles. The Labute approximate surface area is 107 Å². The molecule has 0 unspecified atom stereocenters. The number of amides is 2. The molecule has 0 saturated heterocycles. The number of nitrogens with zero attached hydrogens (tertiary/aromatic N) is 2. The lowest BCUT2D eigenvalue weighted by Gasteiger charge is -2.18. The highest BCUT2D eigenvalue weighted by Gasteiger charge is 2.17. The van der Waals surface area contributed by atoms with Crippen LogP contribution in [0.25, 0.3) is 0 Å². The predicted molar refractivity (Wildman–Crippen MR) is 67.7 cm³/mol. The number of rotatable bonds is 3. The molecule has 1 rings (SSSR count). The lowest BCUT2D eigenvalue weighted by molar-refractivity contribution is -0.129. The van der Waals surface area contributed by atoms with E-state index in [1.165, 1.54) is 21.1 Å². The predicted octanol–water partition coefficient (Wildman–Crippen LogP) is 1.67. The van der Waals surface area contributed by atoms with Gasteiger partial charge < -0.3 is 9.80 Å². The van der Waals surface area contributed by atoms with Crippen molar-refractivity contribution in [3.8, 4) is 0 Å². The molecule has 4 nitrogen and oxygen atoms in total. The van der Waals surface area contributed by atoms with E-state index in [-0.39, 0.29) is 18.4 Å².